The molecule has 1 saturated carbocycles. The van der Waals surface area contributed by atoms with Crippen molar-refractivity contribution >= 4 is 5.91 Å². The van der Waals surface area contributed by atoms with Gasteiger partial charge < -0.3 is 4.90 Å². The highest BCUT2D eigenvalue weighted by Crippen LogP contribution is 2.66. The molecule has 2 nitrogen and oxygen atoms in total. The molecule has 1 rings (SSSR count). The maximum absolute atomic E-state index is 12.5. The summed E-state index contributed by atoms with van der Waals surface area (Å²) < 4.78 is 0. The second-order valence-corrected chi connectivity index (χ2v) is 6.00. The normalized spacial score (nSPS) is 31.4. The lowest BCUT2D eigenvalue weighted by Crippen LogP contribution is -2.38. The van der Waals surface area contributed by atoms with Crippen molar-refractivity contribution in [2.75, 3.05) is 13.1 Å². The second kappa shape index (κ2) is 5.41. The molecule has 2 atom stereocenters. The van der Waals surface area contributed by atoms with E-state index in [9.17, 15) is 4.79 Å². The average molecular weight is 239 g/mol. The zero-order valence-electron chi connectivity index (χ0n) is 12.3. The van der Waals surface area contributed by atoms with Crippen molar-refractivity contribution in [2.45, 2.75) is 66.7 Å². The Morgan fingerprint density at radius 3 is 2.18 bits per heavy atom. The first-order valence-corrected chi connectivity index (χ1v) is 7.24. The topological polar surface area (TPSA) is 20.3 Å². The molecule has 0 radical (unpaired) electrons. The van der Waals surface area contributed by atoms with Gasteiger partial charge in [-0.05, 0) is 32.1 Å². The average Bonchev–Trinajstić information content (AvgIpc) is 2.85. The molecule has 1 amide bonds. The molecule has 17 heavy (non-hydrogen) atoms. The zero-order chi connectivity index (χ0) is 13.1. The summed E-state index contributed by atoms with van der Waals surface area (Å²) >= 11 is 0. The van der Waals surface area contributed by atoms with Crippen LogP contribution in [0.4, 0.5) is 0 Å². The summed E-state index contributed by atoms with van der Waals surface area (Å²) in [4.78, 5) is 14.5. The first-order valence-electron chi connectivity index (χ1n) is 7.24. The summed E-state index contributed by atoms with van der Waals surface area (Å²) in [5.41, 5.74) is 0.189. The van der Waals surface area contributed by atoms with Gasteiger partial charge in [0, 0.05) is 13.1 Å². The molecular formula is C15H29NO. The molecule has 0 spiro atoms. The number of hydrogen-bond acceptors (Lipinski definition) is 1. The number of carbonyl (C=O) groups excluding carboxylic acids is 1. The van der Waals surface area contributed by atoms with Gasteiger partial charge in [0.1, 0.15) is 0 Å². The van der Waals surface area contributed by atoms with Gasteiger partial charge in [0.2, 0.25) is 5.91 Å². The highest BCUT2D eigenvalue weighted by atomic mass is 16.2. The van der Waals surface area contributed by atoms with E-state index in [-0.39, 0.29) is 10.8 Å². The smallest absolute Gasteiger partial charge is 0.229 e. The minimum atomic E-state index is -0.0766. The van der Waals surface area contributed by atoms with Crippen LogP contribution in [0.5, 0.6) is 0 Å². The molecule has 0 N–H and O–H groups in total. The van der Waals surface area contributed by atoms with Gasteiger partial charge in [0.15, 0.2) is 0 Å². The molecule has 0 aromatic rings. The van der Waals surface area contributed by atoms with Crippen LogP contribution < -0.4 is 0 Å². The Labute approximate surface area is 107 Å². The Balaban J connectivity index is 2.57. The molecule has 0 aromatic carbocycles. The van der Waals surface area contributed by atoms with Gasteiger partial charge in [-0.1, -0.05) is 40.0 Å². The van der Waals surface area contributed by atoms with Gasteiger partial charge in [0.05, 0.1) is 5.41 Å². The van der Waals surface area contributed by atoms with Gasteiger partial charge in [-0.25, -0.2) is 0 Å². The molecule has 1 aliphatic rings. The number of unbranched alkanes of at least 4 members (excludes halogenated alkanes) is 2. The van der Waals surface area contributed by atoms with Crippen LogP contribution in [0.2, 0.25) is 0 Å². The molecular weight excluding hydrogens is 210 g/mol. The van der Waals surface area contributed by atoms with E-state index in [1.54, 1.807) is 0 Å². The van der Waals surface area contributed by atoms with E-state index in [4.69, 9.17) is 0 Å². The number of nitrogens with zero attached hydrogens (tertiary/aromatic N) is 1. The Kier molecular flexibility index (Phi) is 4.62. The lowest BCUT2D eigenvalue weighted by Gasteiger charge is -2.26. The van der Waals surface area contributed by atoms with E-state index in [1.807, 2.05) is 4.90 Å². The largest absolute Gasteiger partial charge is 0.343 e. The van der Waals surface area contributed by atoms with Crippen LogP contribution in [0.15, 0.2) is 0 Å². The van der Waals surface area contributed by atoms with Crippen LogP contribution in [0.25, 0.3) is 0 Å². The van der Waals surface area contributed by atoms with Gasteiger partial charge in [0.25, 0.3) is 0 Å². The van der Waals surface area contributed by atoms with Crippen molar-refractivity contribution < 1.29 is 4.79 Å². The van der Waals surface area contributed by atoms with E-state index in [1.165, 1.54) is 25.7 Å². The van der Waals surface area contributed by atoms with Crippen molar-refractivity contribution in [2.24, 2.45) is 10.8 Å². The van der Waals surface area contributed by atoms with Gasteiger partial charge in [-0.15, -0.1) is 0 Å². The summed E-state index contributed by atoms with van der Waals surface area (Å²) in [6.45, 7) is 12.5. The summed E-state index contributed by atoms with van der Waals surface area (Å²) in [7, 11) is 0. The molecule has 1 aliphatic carbocycles. The molecule has 0 heterocycles. The number of hydrogen-bond donors (Lipinski definition) is 0. The third kappa shape index (κ3) is 2.66. The highest BCUT2D eigenvalue weighted by Gasteiger charge is 2.65. The third-order valence-electron chi connectivity index (χ3n) is 4.81. The molecule has 0 unspecified atom stereocenters. The zero-order valence-corrected chi connectivity index (χ0v) is 12.3. The van der Waals surface area contributed by atoms with E-state index in [0.717, 1.165) is 19.5 Å². The van der Waals surface area contributed by atoms with E-state index in [0.29, 0.717) is 5.91 Å². The molecule has 2 heteroatoms. The van der Waals surface area contributed by atoms with E-state index in [2.05, 4.69) is 34.6 Å². The Morgan fingerprint density at radius 1 is 1.12 bits per heavy atom. The summed E-state index contributed by atoms with van der Waals surface area (Å²) in [5, 5.41) is 0. The van der Waals surface area contributed by atoms with Gasteiger partial charge in [-0.3, -0.25) is 4.79 Å². The molecule has 100 valence electrons. The van der Waals surface area contributed by atoms with Crippen molar-refractivity contribution in [3.05, 3.63) is 0 Å². The van der Waals surface area contributed by atoms with E-state index >= 15 is 0 Å². The summed E-state index contributed by atoms with van der Waals surface area (Å²) in [6.07, 6.45) is 6.12. The maximum Gasteiger partial charge on any atom is 0.229 e. The predicted molar refractivity (Wildman–Crippen MR) is 72.9 cm³/mol. The van der Waals surface area contributed by atoms with Crippen LogP contribution in [-0.2, 0) is 4.79 Å². The number of rotatable bonds is 7. The standard InChI is InChI=1S/C15H29NO/c1-6-9-10-11-14(4)12-15(14,5)13(17)16(7-2)8-3/h6-12H2,1-5H3/t14-,15+/m0/s1. The fourth-order valence-corrected chi connectivity index (χ4v) is 3.06. The fourth-order valence-electron chi connectivity index (χ4n) is 3.06. The molecule has 1 fully saturated rings. The van der Waals surface area contributed by atoms with Gasteiger partial charge >= 0.3 is 0 Å². The molecule has 0 aromatic heterocycles. The van der Waals surface area contributed by atoms with Gasteiger partial charge in [-0.2, -0.15) is 0 Å². The first-order chi connectivity index (χ1) is 7.95. The Bertz CT molecular complexity index is 272. The van der Waals surface area contributed by atoms with Crippen LogP contribution in [-0.4, -0.2) is 23.9 Å². The SMILES string of the molecule is CCCCC[C@@]1(C)C[C@]1(C)C(=O)N(CC)CC. The molecule has 0 bridgehead atoms. The van der Waals surface area contributed by atoms with E-state index < -0.39 is 0 Å². The minimum absolute atomic E-state index is 0.0766. The van der Waals surface area contributed by atoms with Crippen molar-refractivity contribution in [3.63, 3.8) is 0 Å². The van der Waals surface area contributed by atoms with Crippen LogP contribution in [0.1, 0.15) is 66.7 Å². The molecule has 0 aliphatic heterocycles. The fraction of sp³-hybridized carbons (Fsp3) is 0.933. The monoisotopic (exact) mass is 239 g/mol. The van der Waals surface area contributed by atoms with Crippen molar-refractivity contribution in [1.29, 1.82) is 0 Å². The van der Waals surface area contributed by atoms with Crippen LogP contribution >= 0.6 is 0 Å². The third-order valence-corrected chi connectivity index (χ3v) is 4.81. The lowest BCUT2D eigenvalue weighted by atomic mass is 9.89. The second-order valence-electron chi connectivity index (χ2n) is 6.00. The highest BCUT2D eigenvalue weighted by molar-refractivity contribution is 5.86. The van der Waals surface area contributed by atoms with Crippen LogP contribution in [0, 0.1) is 10.8 Å². The maximum atomic E-state index is 12.5. The van der Waals surface area contributed by atoms with Crippen molar-refractivity contribution in [3.8, 4) is 0 Å². The van der Waals surface area contributed by atoms with Crippen LogP contribution in [0.3, 0.4) is 0 Å². The first kappa shape index (κ1) is 14.5. The molecule has 0 saturated heterocycles. The Morgan fingerprint density at radius 2 is 1.71 bits per heavy atom. The predicted octanol–water partition coefficient (Wildman–Crippen LogP) is 3.85. The summed E-state index contributed by atoms with van der Waals surface area (Å²) in [6, 6.07) is 0. The number of carbonyl (C=O) groups is 1. The Hall–Kier alpha value is -0.530. The number of amides is 1. The summed E-state index contributed by atoms with van der Waals surface area (Å²) in [5.74, 6) is 0.376. The minimum Gasteiger partial charge on any atom is -0.343 e. The lowest BCUT2D eigenvalue weighted by molar-refractivity contribution is -0.137. The quantitative estimate of drug-likeness (QED) is 0.618. The van der Waals surface area contributed by atoms with Crippen molar-refractivity contribution in [1.82, 2.24) is 4.90 Å².